The lowest BCUT2D eigenvalue weighted by Gasteiger charge is -2.18. The van der Waals surface area contributed by atoms with E-state index in [1.165, 1.54) is 32.2 Å². The van der Waals surface area contributed by atoms with E-state index in [1.807, 2.05) is 0 Å². The molecule has 0 spiro atoms. The molecule has 1 heterocycles. The maximum absolute atomic E-state index is 5.62. The van der Waals surface area contributed by atoms with Gasteiger partial charge in [0, 0.05) is 25.7 Å². The van der Waals surface area contributed by atoms with Gasteiger partial charge in [-0.1, -0.05) is 13.8 Å². The fourth-order valence-electron chi connectivity index (χ4n) is 2.12. The molecule has 1 atom stereocenters. The SMILES string of the molecule is CC(C)NCCN(C)CCCC1CCCO1. The highest BCUT2D eigenvalue weighted by molar-refractivity contribution is 4.66. The second-order valence-corrected chi connectivity index (χ2v) is 5.19. The van der Waals surface area contributed by atoms with Gasteiger partial charge in [-0.3, -0.25) is 0 Å². The van der Waals surface area contributed by atoms with Gasteiger partial charge >= 0.3 is 0 Å². The maximum atomic E-state index is 5.62. The molecule has 3 heteroatoms. The molecule has 1 aliphatic heterocycles. The Balaban J connectivity index is 1.91. The van der Waals surface area contributed by atoms with E-state index in [2.05, 4.69) is 31.1 Å². The lowest BCUT2D eigenvalue weighted by molar-refractivity contribution is 0.0997. The molecule has 0 aliphatic carbocycles. The van der Waals surface area contributed by atoms with Crippen LogP contribution in [0.1, 0.15) is 39.5 Å². The van der Waals surface area contributed by atoms with Crippen LogP contribution in [0.25, 0.3) is 0 Å². The van der Waals surface area contributed by atoms with Gasteiger partial charge in [0.15, 0.2) is 0 Å². The van der Waals surface area contributed by atoms with E-state index in [4.69, 9.17) is 4.74 Å². The Morgan fingerprint density at radius 1 is 1.38 bits per heavy atom. The normalized spacial score (nSPS) is 21.2. The van der Waals surface area contributed by atoms with Gasteiger partial charge in [0.1, 0.15) is 0 Å². The summed E-state index contributed by atoms with van der Waals surface area (Å²) in [7, 11) is 2.21. The number of hydrogen-bond acceptors (Lipinski definition) is 3. The molecule has 0 bridgehead atoms. The minimum atomic E-state index is 0.558. The van der Waals surface area contributed by atoms with Gasteiger partial charge < -0.3 is 15.0 Å². The number of nitrogens with zero attached hydrogens (tertiary/aromatic N) is 1. The second kappa shape index (κ2) is 8.04. The monoisotopic (exact) mass is 228 g/mol. The molecule has 1 saturated heterocycles. The van der Waals surface area contributed by atoms with E-state index < -0.39 is 0 Å². The molecule has 1 fully saturated rings. The number of ether oxygens (including phenoxy) is 1. The van der Waals surface area contributed by atoms with Crippen LogP contribution in [0.4, 0.5) is 0 Å². The molecular weight excluding hydrogens is 200 g/mol. The largest absolute Gasteiger partial charge is 0.378 e. The first-order valence-corrected chi connectivity index (χ1v) is 6.72. The van der Waals surface area contributed by atoms with Gasteiger partial charge in [-0.25, -0.2) is 0 Å². The third-order valence-corrected chi connectivity index (χ3v) is 3.14. The zero-order valence-corrected chi connectivity index (χ0v) is 11.2. The predicted octanol–water partition coefficient (Wildman–Crippen LogP) is 1.88. The summed E-state index contributed by atoms with van der Waals surface area (Å²) >= 11 is 0. The second-order valence-electron chi connectivity index (χ2n) is 5.19. The Bertz CT molecular complexity index is 167. The average molecular weight is 228 g/mol. The number of likely N-dealkylation sites (N-methyl/N-ethyl adjacent to an activating group) is 1. The molecule has 16 heavy (non-hydrogen) atoms. The molecular formula is C13H28N2O. The first-order valence-electron chi connectivity index (χ1n) is 6.72. The zero-order valence-electron chi connectivity index (χ0n) is 11.2. The van der Waals surface area contributed by atoms with E-state index >= 15 is 0 Å². The first-order chi connectivity index (χ1) is 7.68. The number of nitrogens with one attached hydrogen (secondary N) is 1. The van der Waals surface area contributed by atoms with Crippen molar-refractivity contribution in [3.63, 3.8) is 0 Å². The molecule has 0 aromatic heterocycles. The summed E-state index contributed by atoms with van der Waals surface area (Å²) in [4.78, 5) is 2.41. The fourth-order valence-corrected chi connectivity index (χ4v) is 2.12. The van der Waals surface area contributed by atoms with Crippen LogP contribution < -0.4 is 5.32 Å². The van der Waals surface area contributed by atoms with Crippen molar-refractivity contribution in [2.45, 2.75) is 51.7 Å². The molecule has 1 N–H and O–H groups in total. The van der Waals surface area contributed by atoms with Gasteiger partial charge in [-0.05, 0) is 39.3 Å². The standard InChI is InChI=1S/C13H28N2O/c1-12(2)14-8-10-15(3)9-4-6-13-7-5-11-16-13/h12-14H,4-11H2,1-3H3. The summed E-state index contributed by atoms with van der Waals surface area (Å²) in [5, 5.41) is 3.44. The van der Waals surface area contributed by atoms with E-state index in [1.54, 1.807) is 0 Å². The quantitative estimate of drug-likeness (QED) is 0.686. The Hall–Kier alpha value is -0.120. The highest BCUT2D eigenvalue weighted by atomic mass is 16.5. The molecule has 96 valence electrons. The summed E-state index contributed by atoms with van der Waals surface area (Å²) in [6.45, 7) is 8.80. The van der Waals surface area contributed by atoms with Crippen LogP contribution in [0.3, 0.4) is 0 Å². The summed E-state index contributed by atoms with van der Waals surface area (Å²) < 4.78 is 5.62. The third kappa shape index (κ3) is 6.46. The van der Waals surface area contributed by atoms with E-state index in [9.17, 15) is 0 Å². The molecule has 0 amide bonds. The third-order valence-electron chi connectivity index (χ3n) is 3.14. The minimum absolute atomic E-state index is 0.558. The van der Waals surface area contributed by atoms with Crippen molar-refractivity contribution in [1.29, 1.82) is 0 Å². The number of rotatable bonds is 8. The van der Waals surface area contributed by atoms with Crippen LogP contribution >= 0.6 is 0 Å². The van der Waals surface area contributed by atoms with Crippen molar-refractivity contribution in [2.75, 3.05) is 33.3 Å². The smallest absolute Gasteiger partial charge is 0.0576 e. The highest BCUT2D eigenvalue weighted by Crippen LogP contribution is 2.16. The van der Waals surface area contributed by atoms with Crippen molar-refractivity contribution in [3.05, 3.63) is 0 Å². The van der Waals surface area contributed by atoms with Crippen LogP contribution in [0.2, 0.25) is 0 Å². The summed E-state index contributed by atoms with van der Waals surface area (Å²) in [6, 6.07) is 0.597. The molecule has 0 saturated carbocycles. The Kier molecular flexibility index (Phi) is 7.01. The highest BCUT2D eigenvalue weighted by Gasteiger charge is 2.14. The predicted molar refractivity (Wildman–Crippen MR) is 68.8 cm³/mol. The van der Waals surface area contributed by atoms with Crippen molar-refractivity contribution in [3.8, 4) is 0 Å². The maximum Gasteiger partial charge on any atom is 0.0576 e. The van der Waals surface area contributed by atoms with Crippen LogP contribution in [-0.4, -0.2) is 50.3 Å². The van der Waals surface area contributed by atoms with Crippen LogP contribution in [0.5, 0.6) is 0 Å². The Morgan fingerprint density at radius 2 is 2.19 bits per heavy atom. The molecule has 0 aromatic carbocycles. The van der Waals surface area contributed by atoms with Gasteiger partial charge in [0.25, 0.3) is 0 Å². The lowest BCUT2D eigenvalue weighted by Crippen LogP contribution is -2.33. The topological polar surface area (TPSA) is 24.5 Å². The van der Waals surface area contributed by atoms with Gasteiger partial charge in [-0.15, -0.1) is 0 Å². The summed E-state index contributed by atoms with van der Waals surface area (Å²) in [5.74, 6) is 0. The van der Waals surface area contributed by atoms with Crippen molar-refractivity contribution in [1.82, 2.24) is 10.2 Å². The van der Waals surface area contributed by atoms with E-state index in [0.717, 1.165) is 19.7 Å². The van der Waals surface area contributed by atoms with Crippen LogP contribution in [0.15, 0.2) is 0 Å². The lowest BCUT2D eigenvalue weighted by atomic mass is 10.1. The molecule has 1 unspecified atom stereocenters. The van der Waals surface area contributed by atoms with Gasteiger partial charge in [0.2, 0.25) is 0 Å². The molecule has 1 aliphatic rings. The van der Waals surface area contributed by atoms with Gasteiger partial charge in [-0.2, -0.15) is 0 Å². The van der Waals surface area contributed by atoms with Crippen LogP contribution in [-0.2, 0) is 4.74 Å². The summed E-state index contributed by atoms with van der Waals surface area (Å²) in [6.07, 6.45) is 5.60. The molecule has 1 rings (SSSR count). The average Bonchev–Trinajstić information content (AvgIpc) is 2.70. The van der Waals surface area contributed by atoms with Crippen molar-refractivity contribution < 1.29 is 4.74 Å². The fraction of sp³-hybridized carbons (Fsp3) is 1.00. The van der Waals surface area contributed by atoms with Crippen LogP contribution in [0, 0.1) is 0 Å². The summed E-state index contributed by atoms with van der Waals surface area (Å²) in [5.41, 5.74) is 0. The number of hydrogen-bond donors (Lipinski definition) is 1. The zero-order chi connectivity index (χ0) is 11.8. The molecule has 0 aromatic rings. The Morgan fingerprint density at radius 3 is 2.81 bits per heavy atom. The van der Waals surface area contributed by atoms with Crippen molar-refractivity contribution >= 4 is 0 Å². The molecule has 0 radical (unpaired) electrons. The van der Waals surface area contributed by atoms with Gasteiger partial charge in [0.05, 0.1) is 6.10 Å². The van der Waals surface area contributed by atoms with E-state index in [0.29, 0.717) is 12.1 Å². The van der Waals surface area contributed by atoms with Crippen molar-refractivity contribution in [2.24, 2.45) is 0 Å². The molecule has 3 nitrogen and oxygen atoms in total. The first kappa shape index (κ1) is 13.9. The minimum Gasteiger partial charge on any atom is -0.378 e. The Labute approximate surface area is 101 Å². The van der Waals surface area contributed by atoms with E-state index in [-0.39, 0.29) is 0 Å².